The first-order valence-electron chi connectivity index (χ1n) is 17.8. The van der Waals surface area contributed by atoms with Gasteiger partial charge in [-0.15, -0.1) is 0 Å². The van der Waals surface area contributed by atoms with E-state index in [0.29, 0.717) is 49.5 Å². The molecule has 1 unspecified atom stereocenters. The smallest absolute Gasteiger partial charge is 0.264 e. The third-order valence-electron chi connectivity index (χ3n) is 9.85. The zero-order chi connectivity index (χ0) is 38.5. The molecule has 1 aromatic heterocycles. The van der Waals surface area contributed by atoms with Gasteiger partial charge in [-0.05, 0) is 55.5 Å². The second-order valence-electron chi connectivity index (χ2n) is 13.3. The lowest BCUT2D eigenvalue weighted by Gasteiger charge is -2.27. The molecule has 0 saturated heterocycles. The van der Waals surface area contributed by atoms with E-state index >= 15 is 0 Å². The molecule has 3 aliphatic rings. The van der Waals surface area contributed by atoms with Crippen molar-refractivity contribution < 1.29 is 38.2 Å². The summed E-state index contributed by atoms with van der Waals surface area (Å²) in [6.45, 7) is 4.63. The monoisotopic (exact) mass is 737 g/mol. The van der Waals surface area contributed by atoms with Crippen LogP contribution in [0.15, 0.2) is 49.3 Å². The van der Waals surface area contributed by atoms with Crippen molar-refractivity contribution in [1.82, 2.24) is 30.6 Å². The number of nitrogens with zero attached hydrogens (tertiary/aromatic N) is 3. The van der Waals surface area contributed by atoms with Crippen LogP contribution in [0.3, 0.4) is 0 Å². The Labute approximate surface area is 312 Å². The van der Waals surface area contributed by atoms with Crippen molar-refractivity contribution >= 4 is 52.2 Å². The molecule has 6 rings (SSSR count). The number of fused-ring (bicyclic) bond motifs is 2. The standard InChI is InChI=1S/C39H43N7O8/c1-22-37-27(19-43-44-37)28(21-45(22)2)23-16-32(53-3)25(33(17-23)54-4)8-6-11-34(49)40-14-7-15-41-35(50)20-42-29-10-5-9-26-36(29)39(52)46(38(26)51)30-13-12-24(47)18-31(30)48/h5,9-10,16-17,19,21,30,42H,1,6-8,11-15,18,20H2,2-4H3,(H,40,49)(H,41,50)(H,43,44). The summed E-state index contributed by atoms with van der Waals surface area (Å²) in [6, 6.07) is 7.62. The van der Waals surface area contributed by atoms with Gasteiger partial charge in [0.05, 0.1) is 61.9 Å². The summed E-state index contributed by atoms with van der Waals surface area (Å²) < 4.78 is 11.5. The minimum Gasteiger partial charge on any atom is -0.496 e. The summed E-state index contributed by atoms with van der Waals surface area (Å²) in [5, 5.41) is 15.8. The van der Waals surface area contributed by atoms with E-state index in [9.17, 15) is 28.8 Å². The quantitative estimate of drug-likeness (QED) is 0.102. The van der Waals surface area contributed by atoms with Crippen LogP contribution in [0, 0.1) is 0 Å². The number of benzene rings is 2. The van der Waals surface area contributed by atoms with Crippen molar-refractivity contribution in [3.8, 4) is 11.5 Å². The molecule has 15 heteroatoms. The number of Topliss-reactive ketones (excluding diaryl/α,β-unsaturated/α-hetero) is 2. The highest BCUT2D eigenvalue weighted by Gasteiger charge is 2.45. The molecule has 1 saturated carbocycles. The molecule has 0 bridgehead atoms. The summed E-state index contributed by atoms with van der Waals surface area (Å²) in [6.07, 6.45) is 5.60. The Balaban J connectivity index is 0.932. The van der Waals surface area contributed by atoms with E-state index in [1.165, 1.54) is 6.07 Å². The first-order valence-corrected chi connectivity index (χ1v) is 17.8. The molecule has 0 radical (unpaired) electrons. The molecule has 1 aliphatic carbocycles. The van der Waals surface area contributed by atoms with Crippen LogP contribution in [0.5, 0.6) is 11.5 Å². The average molecular weight is 738 g/mol. The number of carbonyl (C=O) groups is 6. The Morgan fingerprint density at radius 3 is 2.41 bits per heavy atom. The van der Waals surface area contributed by atoms with Crippen molar-refractivity contribution in [3.05, 3.63) is 82.8 Å². The summed E-state index contributed by atoms with van der Waals surface area (Å²) in [5.41, 5.74) is 5.83. The molecule has 1 atom stereocenters. The van der Waals surface area contributed by atoms with Crippen LogP contribution in [0.2, 0.25) is 0 Å². The number of anilines is 1. The number of ketones is 2. The molecule has 4 N–H and O–H groups in total. The predicted molar refractivity (Wildman–Crippen MR) is 199 cm³/mol. The average Bonchev–Trinajstić information content (AvgIpc) is 3.75. The second kappa shape index (κ2) is 16.2. The number of hydrogen-bond donors (Lipinski definition) is 4. The number of imide groups is 1. The van der Waals surface area contributed by atoms with Gasteiger partial charge in [-0.2, -0.15) is 5.10 Å². The van der Waals surface area contributed by atoms with Crippen LogP contribution < -0.4 is 25.4 Å². The van der Waals surface area contributed by atoms with Gasteiger partial charge in [0, 0.05) is 61.6 Å². The number of carbonyl (C=O) groups excluding carboxylic acids is 6. The summed E-state index contributed by atoms with van der Waals surface area (Å²) in [7, 11) is 5.13. The highest BCUT2D eigenvalue weighted by Crippen LogP contribution is 2.40. The van der Waals surface area contributed by atoms with Crippen LogP contribution in [-0.4, -0.2) is 102 Å². The predicted octanol–water partition coefficient (Wildman–Crippen LogP) is 3.08. The minimum atomic E-state index is -0.974. The highest BCUT2D eigenvalue weighted by atomic mass is 16.5. The fourth-order valence-electron chi connectivity index (χ4n) is 7.01. The number of H-pyrrole nitrogens is 1. The van der Waals surface area contributed by atoms with Crippen LogP contribution in [-0.2, 0) is 25.6 Å². The maximum absolute atomic E-state index is 13.3. The Morgan fingerprint density at radius 1 is 0.981 bits per heavy atom. The van der Waals surface area contributed by atoms with Crippen molar-refractivity contribution in [1.29, 1.82) is 0 Å². The normalized spacial score (nSPS) is 16.5. The van der Waals surface area contributed by atoms with Gasteiger partial charge >= 0.3 is 0 Å². The molecular weight excluding hydrogens is 694 g/mol. The van der Waals surface area contributed by atoms with E-state index in [0.717, 1.165) is 38.6 Å². The molecule has 4 amide bonds. The Hall–Kier alpha value is -6.25. The number of hydrogen-bond acceptors (Lipinski definition) is 11. The number of amides is 4. The van der Waals surface area contributed by atoms with Gasteiger partial charge < -0.3 is 30.3 Å². The van der Waals surface area contributed by atoms with E-state index in [4.69, 9.17) is 9.47 Å². The SMILES string of the molecule is C=C1c2[nH]ncc2C(c2cc(OC)c(CCCC(=O)NCCCNC(=O)CNc3cccc4c3C(=O)N(C3CCC(=O)CC3=O)C4=O)c(OC)c2)=CN1C. The van der Waals surface area contributed by atoms with E-state index < -0.39 is 23.6 Å². The first kappa shape index (κ1) is 37.5. The van der Waals surface area contributed by atoms with E-state index in [2.05, 4.69) is 32.7 Å². The fraction of sp³-hybridized carbons (Fsp3) is 0.359. The third-order valence-corrected chi connectivity index (χ3v) is 9.85. The lowest BCUT2D eigenvalue weighted by molar-refractivity contribution is -0.132. The lowest BCUT2D eigenvalue weighted by atomic mass is 9.92. The molecule has 2 aliphatic heterocycles. The fourth-order valence-corrected chi connectivity index (χ4v) is 7.01. The molecular formula is C39H43N7O8. The largest absolute Gasteiger partial charge is 0.496 e. The number of aromatic nitrogens is 2. The van der Waals surface area contributed by atoms with E-state index in [1.807, 2.05) is 30.3 Å². The van der Waals surface area contributed by atoms with Gasteiger partial charge in [0.2, 0.25) is 11.8 Å². The van der Waals surface area contributed by atoms with Crippen molar-refractivity contribution in [2.24, 2.45) is 0 Å². The summed E-state index contributed by atoms with van der Waals surface area (Å²) in [5.74, 6) is -1.02. The summed E-state index contributed by atoms with van der Waals surface area (Å²) in [4.78, 5) is 78.5. The van der Waals surface area contributed by atoms with Gasteiger partial charge in [0.25, 0.3) is 11.8 Å². The molecule has 0 spiro atoms. The second-order valence-corrected chi connectivity index (χ2v) is 13.3. The summed E-state index contributed by atoms with van der Waals surface area (Å²) >= 11 is 0. The van der Waals surface area contributed by atoms with Gasteiger partial charge in [0.1, 0.15) is 17.3 Å². The molecule has 15 nitrogen and oxygen atoms in total. The van der Waals surface area contributed by atoms with Gasteiger partial charge in [-0.1, -0.05) is 12.6 Å². The highest BCUT2D eigenvalue weighted by molar-refractivity contribution is 6.25. The zero-order valence-corrected chi connectivity index (χ0v) is 30.5. The van der Waals surface area contributed by atoms with Crippen LogP contribution >= 0.6 is 0 Å². The number of nitrogens with one attached hydrogen (secondary N) is 4. The number of rotatable bonds is 15. The number of aromatic amines is 1. The molecule has 2 aromatic carbocycles. The molecule has 3 aromatic rings. The van der Waals surface area contributed by atoms with Gasteiger partial charge in [-0.25, -0.2) is 0 Å². The maximum Gasteiger partial charge on any atom is 0.264 e. The van der Waals surface area contributed by atoms with E-state index in [-0.39, 0.29) is 61.0 Å². The first-order chi connectivity index (χ1) is 26.0. The van der Waals surface area contributed by atoms with Crippen molar-refractivity contribution in [2.45, 2.75) is 51.0 Å². The Kier molecular flexibility index (Phi) is 11.2. The molecule has 1 fully saturated rings. The molecule has 54 heavy (non-hydrogen) atoms. The van der Waals surface area contributed by atoms with Crippen molar-refractivity contribution in [2.75, 3.05) is 46.2 Å². The van der Waals surface area contributed by atoms with E-state index in [1.54, 1.807) is 32.5 Å². The number of ether oxygens (including phenoxy) is 2. The van der Waals surface area contributed by atoms with Crippen molar-refractivity contribution in [3.63, 3.8) is 0 Å². The minimum absolute atomic E-state index is 0.0992. The Morgan fingerprint density at radius 2 is 1.70 bits per heavy atom. The molecule has 282 valence electrons. The number of methoxy groups -OCH3 is 2. The van der Waals surface area contributed by atoms with Gasteiger partial charge in [-0.3, -0.25) is 38.8 Å². The Bertz CT molecular complexity index is 2040. The third kappa shape index (κ3) is 7.61. The van der Waals surface area contributed by atoms with Crippen LogP contribution in [0.25, 0.3) is 11.3 Å². The zero-order valence-electron chi connectivity index (χ0n) is 30.5. The van der Waals surface area contributed by atoms with Crippen LogP contribution in [0.1, 0.15) is 81.6 Å². The van der Waals surface area contributed by atoms with Gasteiger partial charge in [0.15, 0.2) is 5.78 Å². The maximum atomic E-state index is 13.3. The topological polar surface area (TPSA) is 192 Å². The van der Waals surface area contributed by atoms with Crippen LogP contribution in [0.4, 0.5) is 5.69 Å². The molecule has 3 heterocycles. The lowest BCUT2D eigenvalue weighted by Crippen LogP contribution is -2.47.